The molecule has 1 aliphatic rings. The molecule has 32 heavy (non-hydrogen) atoms. The molecule has 1 N–H and O–H groups in total. The van der Waals surface area contributed by atoms with Gasteiger partial charge in [0.05, 0.1) is 30.5 Å². The van der Waals surface area contributed by atoms with E-state index in [4.69, 9.17) is 9.15 Å². The second-order valence-electron chi connectivity index (χ2n) is 7.44. The molecular weight excluding hydrogens is 425 g/mol. The number of aromatic nitrogens is 2. The molecule has 1 amide bonds. The molecule has 1 atom stereocenters. The van der Waals surface area contributed by atoms with Gasteiger partial charge in [-0.25, -0.2) is 0 Å². The molecule has 168 valence electrons. The molecule has 0 saturated carbocycles. The Balaban J connectivity index is 1.46. The standard InChI is InChI=1S/C22H21F3N4O3/c1-31-18-8-6-15(22(23,24)25)12-17(18)26-21(30)14-4-2-10-29(13-14)20-9-7-16(27-28-20)19-5-3-11-32-19/h3,5-9,11-12,14H,2,4,10,13H2,1H3,(H,26,30)/t14-/m0/s1. The maximum absolute atomic E-state index is 13.1. The lowest BCUT2D eigenvalue weighted by Gasteiger charge is -2.32. The summed E-state index contributed by atoms with van der Waals surface area (Å²) in [6.07, 6.45) is -1.62. The SMILES string of the molecule is COc1ccc(C(F)(F)F)cc1NC(=O)[C@H]1CCCN(c2ccc(-c3ccco3)nn2)C1. The van der Waals surface area contributed by atoms with Crippen molar-refractivity contribution >= 4 is 17.4 Å². The zero-order valence-electron chi connectivity index (χ0n) is 17.2. The van der Waals surface area contributed by atoms with Gasteiger partial charge in [0, 0.05) is 13.1 Å². The van der Waals surface area contributed by atoms with Crippen LogP contribution in [-0.2, 0) is 11.0 Å². The quantitative estimate of drug-likeness (QED) is 0.616. The molecule has 1 aliphatic heterocycles. The minimum Gasteiger partial charge on any atom is -0.495 e. The van der Waals surface area contributed by atoms with E-state index in [9.17, 15) is 18.0 Å². The van der Waals surface area contributed by atoms with E-state index in [1.165, 1.54) is 13.2 Å². The minimum atomic E-state index is -4.52. The van der Waals surface area contributed by atoms with Crippen LogP contribution in [0.3, 0.4) is 0 Å². The van der Waals surface area contributed by atoms with Crippen LogP contribution in [0.1, 0.15) is 18.4 Å². The molecule has 3 aromatic rings. The molecule has 0 aliphatic carbocycles. The van der Waals surface area contributed by atoms with Crippen LogP contribution in [0.25, 0.3) is 11.5 Å². The summed E-state index contributed by atoms with van der Waals surface area (Å²) in [5.41, 5.74) is -0.264. The highest BCUT2D eigenvalue weighted by Crippen LogP contribution is 2.35. The molecule has 10 heteroatoms. The van der Waals surface area contributed by atoms with Gasteiger partial charge in [-0.05, 0) is 55.3 Å². The van der Waals surface area contributed by atoms with E-state index in [1.807, 2.05) is 4.90 Å². The lowest BCUT2D eigenvalue weighted by atomic mass is 9.97. The highest BCUT2D eigenvalue weighted by Gasteiger charge is 2.32. The van der Waals surface area contributed by atoms with Gasteiger partial charge in [0.15, 0.2) is 11.6 Å². The number of anilines is 2. The number of piperidine rings is 1. The van der Waals surface area contributed by atoms with Gasteiger partial charge in [0.1, 0.15) is 11.4 Å². The number of carbonyl (C=O) groups is 1. The first-order chi connectivity index (χ1) is 15.3. The zero-order valence-corrected chi connectivity index (χ0v) is 17.2. The third-order valence-corrected chi connectivity index (χ3v) is 5.32. The molecule has 4 rings (SSSR count). The van der Waals surface area contributed by atoms with E-state index in [0.29, 0.717) is 36.8 Å². The molecule has 1 saturated heterocycles. The van der Waals surface area contributed by atoms with Crippen molar-refractivity contribution in [1.82, 2.24) is 10.2 Å². The monoisotopic (exact) mass is 446 g/mol. The average Bonchev–Trinajstić information content (AvgIpc) is 3.34. The molecule has 0 radical (unpaired) electrons. The van der Waals surface area contributed by atoms with Crippen molar-refractivity contribution in [3.05, 3.63) is 54.3 Å². The summed E-state index contributed by atoms with van der Waals surface area (Å²) in [4.78, 5) is 14.8. The van der Waals surface area contributed by atoms with Crippen molar-refractivity contribution in [2.24, 2.45) is 5.92 Å². The van der Waals surface area contributed by atoms with Crippen molar-refractivity contribution in [3.8, 4) is 17.2 Å². The summed E-state index contributed by atoms with van der Waals surface area (Å²) in [6.45, 7) is 1.08. The van der Waals surface area contributed by atoms with Crippen LogP contribution in [0, 0.1) is 5.92 Å². The molecule has 3 heterocycles. The van der Waals surface area contributed by atoms with E-state index in [2.05, 4.69) is 15.5 Å². The Morgan fingerprint density at radius 3 is 2.72 bits per heavy atom. The summed E-state index contributed by atoms with van der Waals surface area (Å²) >= 11 is 0. The van der Waals surface area contributed by atoms with Crippen LogP contribution in [0.5, 0.6) is 5.75 Å². The Morgan fingerprint density at radius 1 is 1.22 bits per heavy atom. The Bertz CT molecular complexity index is 1070. The summed E-state index contributed by atoms with van der Waals surface area (Å²) in [5, 5.41) is 11.0. The van der Waals surface area contributed by atoms with Gasteiger partial charge in [0.2, 0.25) is 5.91 Å². The van der Waals surface area contributed by atoms with Crippen LogP contribution < -0.4 is 15.0 Å². The van der Waals surface area contributed by atoms with Gasteiger partial charge in [-0.15, -0.1) is 10.2 Å². The third-order valence-electron chi connectivity index (χ3n) is 5.32. The molecule has 2 aromatic heterocycles. The molecule has 0 bridgehead atoms. The first-order valence-electron chi connectivity index (χ1n) is 10.0. The highest BCUT2D eigenvalue weighted by molar-refractivity contribution is 5.94. The lowest BCUT2D eigenvalue weighted by molar-refractivity contribution is -0.137. The van der Waals surface area contributed by atoms with E-state index in [-0.39, 0.29) is 17.3 Å². The van der Waals surface area contributed by atoms with Gasteiger partial charge in [-0.2, -0.15) is 13.2 Å². The number of alkyl halides is 3. The molecule has 0 unspecified atom stereocenters. The molecular formula is C22H21F3N4O3. The minimum absolute atomic E-state index is 0.00737. The van der Waals surface area contributed by atoms with Crippen molar-refractivity contribution in [2.45, 2.75) is 19.0 Å². The van der Waals surface area contributed by atoms with E-state index in [0.717, 1.165) is 18.6 Å². The summed E-state index contributed by atoms with van der Waals surface area (Å²) in [6, 6.07) is 10.1. The highest BCUT2D eigenvalue weighted by atomic mass is 19.4. The van der Waals surface area contributed by atoms with Crippen LogP contribution in [-0.4, -0.2) is 36.3 Å². The van der Waals surface area contributed by atoms with Crippen LogP contribution in [0.15, 0.2) is 53.1 Å². The summed E-state index contributed by atoms with van der Waals surface area (Å²) < 4.78 is 49.6. The summed E-state index contributed by atoms with van der Waals surface area (Å²) in [7, 11) is 1.34. The zero-order chi connectivity index (χ0) is 22.7. The van der Waals surface area contributed by atoms with Gasteiger partial charge in [-0.1, -0.05) is 0 Å². The molecule has 1 aromatic carbocycles. The number of hydrogen-bond donors (Lipinski definition) is 1. The fourth-order valence-corrected chi connectivity index (χ4v) is 3.67. The van der Waals surface area contributed by atoms with Crippen molar-refractivity contribution in [3.63, 3.8) is 0 Å². The summed E-state index contributed by atoms with van der Waals surface area (Å²) in [5.74, 6) is 0.602. The number of amides is 1. The van der Waals surface area contributed by atoms with E-state index < -0.39 is 17.7 Å². The largest absolute Gasteiger partial charge is 0.495 e. The Morgan fingerprint density at radius 2 is 2.06 bits per heavy atom. The maximum Gasteiger partial charge on any atom is 0.416 e. The van der Waals surface area contributed by atoms with Crippen LogP contribution >= 0.6 is 0 Å². The predicted molar refractivity (Wildman–Crippen MR) is 111 cm³/mol. The van der Waals surface area contributed by atoms with Crippen molar-refractivity contribution in [1.29, 1.82) is 0 Å². The van der Waals surface area contributed by atoms with Gasteiger partial charge >= 0.3 is 6.18 Å². The van der Waals surface area contributed by atoms with Gasteiger partial charge in [-0.3, -0.25) is 4.79 Å². The number of hydrogen-bond acceptors (Lipinski definition) is 6. The number of methoxy groups -OCH3 is 1. The van der Waals surface area contributed by atoms with E-state index >= 15 is 0 Å². The molecule has 7 nitrogen and oxygen atoms in total. The third kappa shape index (κ3) is 4.68. The number of nitrogens with zero attached hydrogens (tertiary/aromatic N) is 3. The normalized spacial score (nSPS) is 16.6. The van der Waals surface area contributed by atoms with Gasteiger partial charge < -0.3 is 19.4 Å². The number of benzene rings is 1. The van der Waals surface area contributed by atoms with Crippen molar-refractivity contribution in [2.75, 3.05) is 30.4 Å². The Hall–Kier alpha value is -3.56. The topological polar surface area (TPSA) is 80.5 Å². The average molecular weight is 446 g/mol. The number of nitrogens with one attached hydrogen (secondary N) is 1. The first-order valence-corrected chi connectivity index (χ1v) is 10.0. The van der Waals surface area contributed by atoms with Gasteiger partial charge in [0.25, 0.3) is 0 Å². The number of halogens is 3. The number of ether oxygens (including phenoxy) is 1. The second-order valence-corrected chi connectivity index (χ2v) is 7.44. The molecule has 0 spiro atoms. The number of furan rings is 1. The maximum atomic E-state index is 13.1. The first kappa shape index (κ1) is 21.7. The smallest absolute Gasteiger partial charge is 0.416 e. The Labute approximate surface area is 182 Å². The fourth-order valence-electron chi connectivity index (χ4n) is 3.67. The number of rotatable bonds is 5. The van der Waals surface area contributed by atoms with Crippen LogP contribution in [0.4, 0.5) is 24.7 Å². The predicted octanol–water partition coefficient (Wildman–Crippen LogP) is 4.62. The van der Waals surface area contributed by atoms with Crippen molar-refractivity contribution < 1.29 is 27.1 Å². The lowest BCUT2D eigenvalue weighted by Crippen LogP contribution is -2.41. The Kier molecular flexibility index (Phi) is 6.02. The van der Waals surface area contributed by atoms with E-state index in [1.54, 1.807) is 30.5 Å². The molecule has 1 fully saturated rings. The second kappa shape index (κ2) is 8.89. The fraction of sp³-hybridized carbons (Fsp3) is 0.318. The number of carbonyl (C=O) groups excluding carboxylic acids is 1. The van der Waals surface area contributed by atoms with Crippen LogP contribution in [0.2, 0.25) is 0 Å².